The van der Waals surface area contributed by atoms with Crippen molar-refractivity contribution >= 4 is 11.1 Å². The van der Waals surface area contributed by atoms with Crippen molar-refractivity contribution in [2.45, 2.75) is 26.7 Å². The SMILES string of the molecule is CCOc1ccc(C2=CCC3C(c4ccc(C)c(F)c4)=CCC23)cc1F. The van der Waals surface area contributed by atoms with E-state index in [-0.39, 0.29) is 11.6 Å². The third kappa shape index (κ3) is 2.86. The Morgan fingerprint density at radius 3 is 2.00 bits per heavy atom. The lowest BCUT2D eigenvalue weighted by molar-refractivity contribution is 0.321. The zero-order chi connectivity index (χ0) is 18.3. The van der Waals surface area contributed by atoms with Crippen molar-refractivity contribution < 1.29 is 13.5 Å². The van der Waals surface area contributed by atoms with E-state index in [1.807, 2.05) is 25.1 Å². The summed E-state index contributed by atoms with van der Waals surface area (Å²) in [5, 5.41) is 0. The Morgan fingerprint density at radius 1 is 0.885 bits per heavy atom. The standard InChI is InChI=1S/C23H22F2O/c1-3-26-23-11-6-16(13-22(23)25)18-8-10-19-17(7-9-20(18)19)15-5-4-14(2)21(24)12-15/h4-8,11-13,19-20H,3,9-10H2,1-2H3. The Hall–Kier alpha value is -2.42. The average molecular weight is 352 g/mol. The van der Waals surface area contributed by atoms with Crippen LogP contribution in [0.25, 0.3) is 11.1 Å². The summed E-state index contributed by atoms with van der Waals surface area (Å²) in [6.07, 6.45) is 6.26. The predicted molar refractivity (Wildman–Crippen MR) is 101 cm³/mol. The maximum atomic E-state index is 14.3. The van der Waals surface area contributed by atoms with Gasteiger partial charge >= 0.3 is 0 Å². The minimum Gasteiger partial charge on any atom is -0.491 e. The first-order valence-corrected chi connectivity index (χ1v) is 9.17. The molecule has 26 heavy (non-hydrogen) atoms. The molecule has 0 saturated heterocycles. The molecular formula is C23H22F2O. The van der Waals surface area contributed by atoms with Gasteiger partial charge in [-0.3, -0.25) is 0 Å². The van der Waals surface area contributed by atoms with Gasteiger partial charge in [-0.1, -0.05) is 30.4 Å². The monoisotopic (exact) mass is 352 g/mol. The molecule has 2 atom stereocenters. The number of rotatable bonds is 4. The number of hydrogen-bond donors (Lipinski definition) is 0. The minimum absolute atomic E-state index is 0.161. The van der Waals surface area contributed by atoms with Crippen molar-refractivity contribution in [1.29, 1.82) is 0 Å². The van der Waals surface area contributed by atoms with Gasteiger partial charge < -0.3 is 4.74 Å². The quantitative estimate of drug-likeness (QED) is 0.638. The zero-order valence-corrected chi connectivity index (χ0v) is 15.1. The van der Waals surface area contributed by atoms with Crippen LogP contribution in [0.2, 0.25) is 0 Å². The summed E-state index contributed by atoms with van der Waals surface area (Å²) in [5.74, 6) is 0.507. The van der Waals surface area contributed by atoms with Crippen molar-refractivity contribution in [1.82, 2.24) is 0 Å². The highest BCUT2D eigenvalue weighted by atomic mass is 19.1. The topological polar surface area (TPSA) is 9.23 Å². The summed E-state index contributed by atoms with van der Waals surface area (Å²) in [5.41, 5.74) is 4.96. The molecule has 0 spiro atoms. The fourth-order valence-corrected chi connectivity index (χ4v) is 4.22. The number of fused-ring (bicyclic) bond motifs is 1. The summed E-state index contributed by atoms with van der Waals surface area (Å²) in [7, 11) is 0. The molecule has 0 aromatic heterocycles. The Labute approximate surface area is 153 Å². The average Bonchev–Trinajstić information content (AvgIpc) is 3.21. The fraction of sp³-hybridized carbons (Fsp3) is 0.304. The molecular weight excluding hydrogens is 330 g/mol. The molecule has 0 amide bonds. The molecule has 4 rings (SSSR count). The predicted octanol–water partition coefficient (Wildman–Crippen LogP) is 6.18. The molecule has 0 heterocycles. The minimum atomic E-state index is -0.319. The van der Waals surface area contributed by atoms with Gasteiger partial charge in [0, 0.05) is 0 Å². The van der Waals surface area contributed by atoms with Crippen molar-refractivity contribution in [3.8, 4) is 5.75 Å². The largest absolute Gasteiger partial charge is 0.491 e. The third-order valence-electron chi connectivity index (χ3n) is 5.54. The summed E-state index contributed by atoms with van der Waals surface area (Å²) in [6.45, 7) is 4.07. The van der Waals surface area contributed by atoms with Crippen LogP contribution in [-0.2, 0) is 0 Å². The summed E-state index contributed by atoms with van der Waals surface area (Å²) >= 11 is 0. The van der Waals surface area contributed by atoms with E-state index in [9.17, 15) is 8.78 Å². The van der Waals surface area contributed by atoms with E-state index in [1.54, 1.807) is 25.1 Å². The van der Waals surface area contributed by atoms with E-state index in [4.69, 9.17) is 4.74 Å². The Kier molecular flexibility index (Phi) is 4.39. The maximum Gasteiger partial charge on any atom is 0.165 e. The first-order chi connectivity index (χ1) is 12.6. The number of allylic oxidation sites excluding steroid dienone is 4. The molecule has 2 unspecified atom stereocenters. The molecule has 0 bridgehead atoms. The van der Waals surface area contributed by atoms with Crippen LogP contribution in [0, 0.1) is 30.4 Å². The van der Waals surface area contributed by atoms with Crippen LogP contribution in [0.1, 0.15) is 36.5 Å². The van der Waals surface area contributed by atoms with Gasteiger partial charge in [-0.25, -0.2) is 8.78 Å². The number of hydrogen-bond acceptors (Lipinski definition) is 1. The van der Waals surface area contributed by atoms with Crippen LogP contribution >= 0.6 is 0 Å². The van der Waals surface area contributed by atoms with Gasteiger partial charge in [0.2, 0.25) is 0 Å². The molecule has 0 radical (unpaired) electrons. The second-order valence-electron chi connectivity index (χ2n) is 7.05. The van der Waals surface area contributed by atoms with E-state index in [2.05, 4.69) is 12.2 Å². The van der Waals surface area contributed by atoms with Gasteiger partial charge in [0.15, 0.2) is 11.6 Å². The molecule has 0 fully saturated rings. The molecule has 0 aliphatic heterocycles. The summed E-state index contributed by atoms with van der Waals surface area (Å²) < 4.78 is 33.5. The maximum absolute atomic E-state index is 14.3. The summed E-state index contributed by atoms with van der Waals surface area (Å²) in [4.78, 5) is 0. The van der Waals surface area contributed by atoms with Gasteiger partial charge in [-0.05, 0) is 84.6 Å². The van der Waals surface area contributed by atoms with E-state index >= 15 is 0 Å². The number of ether oxygens (including phenoxy) is 1. The molecule has 3 heteroatoms. The third-order valence-corrected chi connectivity index (χ3v) is 5.54. The smallest absolute Gasteiger partial charge is 0.165 e. The van der Waals surface area contributed by atoms with Gasteiger partial charge in [-0.2, -0.15) is 0 Å². The highest BCUT2D eigenvalue weighted by Gasteiger charge is 2.36. The lowest BCUT2D eigenvalue weighted by Crippen LogP contribution is -2.07. The van der Waals surface area contributed by atoms with Crippen LogP contribution in [-0.4, -0.2) is 6.61 Å². The first kappa shape index (κ1) is 17.0. The second kappa shape index (κ2) is 6.71. The highest BCUT2D eigenvalue weighted by molar-refractivity contribution is 5.80. The van der Waals surface area contributed by atoms with Crippen LogP contribution in [0.15, 0.2) is 48.6 Å². The van der Waals surface area contributed by atoms with Gasteiger partial charge in [0.25, 0.3) is 0 Å². The Balaban J connectivity index is 1.57. The summed E-state index contributed by atoms with van der Waals surface area (Å²) in [6, 6.07) is 10.7. The van der Waals surface area contributed by atoms with Crippen molar-refractivity contribution in [2.24, 2.45) is 11.8 Å². The molecule has 0 saturated carbocycles. The molecule has 0 N–H and O–H groups in total. The van der Waals surface area contributed by atoms with E-state index in [0.29, 0.717) is 29.8 Å². The van der Waals surface area contributed by atoms with Crippen molar-refractivity contribution in [3.63, 3.8) is 0 Å². The first-order valence-electron chi connectivity index (χ1n) is 9.17. The molecule has 2 aliphatic carbocycles. The molecule has 2 aromatic carbocycles. The molecule has 2 aliphatic rings. The zero-order valence-electron chi connectivity index (χ0n) is 15.1. The van der Waals surface area contributed by atoms with Crippen LogP contribution < -0.4 is 4.74 Å². The van der Waals surface area contributed by atoms with Crippen LogP contribution in [0.5, 0.6) is 5.75 Å². The molecule has 134 valence electrons. The van der Waals surface area contributed by atoms with Crippen molar-refractivity contribution in [3.05, 3.63) is 76.9 Å². The number of aryl methyl sites for hydroxylation is 1. The van der Waals surface area contributed by atoms with Crippen LogP contribution in [0.3, 0.4) is 0 Å². The Bertz CT molecular complexity index is 910. The number of halogens is 2. The molecule has 2 aromatic rings. The highest BCUT2D eigenvalue weighted by Crippen LogP contribution is 2.51. The van der Waals surface area contributed by atoms with Crippen molar-refractivity contribution in [2.75, 3.05) is 6.61 Å². The lowest BCUT2D eigenvalue weighted by atomic mass is 9.85. The van der Waals surface area contributed by atoms with E-state index in [1.165, 1.54) is 11.1 Å². The number of benzene rings is 2. The van der Waals surface area contributed by atoms with Gasteiger partial charge in [0.1, 0.15) is 5.82 Å². The van der Waals surface area contributed by atoms with E-state index in [0.717, 1.165) is 24.0 Å². The Morgan fingerprint density at radius 2 is 1.46 bits per heavy atom. The fourth-order valence-electron chi connectivity index (χ4n) is 4.22. The van der Waals surface area contributed by atoms with Gasteiger partial charge in [-0.15, -0.1) is 0 Å². The van der Waals surface area contributed by atoms with Gasteiger partial charge in [0.05, 0.1) is 6.61 Å². The normalized spacial score (nSPS) is 21.4. The molecule has 1 nitrogen and oxygen atoms in total. The lowest BCUT2D eigenvalue weighted by Gasteiger charge is -2.19. The van der Waals surface area contributed by atoms with E-state index < -0.39 is 0 Å². The van der Waals surface area contributed by atoms with Crippen LogP contribution in [0.4, 0.5) is 8.78 Å². The second-order valence-corrected chi connectivity index (χ2v) is 7.05.